The molecule has 4 fully saturated rings. The Morgan fingerprint density at radius 2 is 1.91 bits per heavy atom. The number of hydrogen-bond donors (Lipinski definition) is 0. The van der Waals surface area contributed by atoms with E-state index in [1.165, 1.54) is 6.42 Å². The third-order valence-electron chi connectivity index (χ3n) is 6.42. The highest BCUT2D eigenvalue weighted by atomic mass is 79.9. The van der Waals surface area contributed by atoms with Gasteiger partial charge in [0.25, 0.3) is 0 Å². The third kappa shape index (κ3) is 1.29. The van der Waals surface area contributed by atoms with Crippen molar-refractivity contribution in [1.82, 2.24) is 4.90 Å². The molecule has 0 bridgehead atoms. The molecule has 5 rings (SSSR count). The highest BCUT2D eigenvalue weighted by Gasteiger charge is 2.92. The van der Waals surface area contributed by atoms with Crippen LogP contribution in [0.1, 0.15) is 37.5 Å². The molecule has 0 radical (unpaired) electrons. The van der Waals surface area contributed by atoms with E-state index >= 15 is 0 Å². The SMILES string of the molecule is O=C1N2C(COC2c2ccccc2)C[C@]12C(Br)(Br)C21CCC1. The van der Waals surface area contributed by atoms with E-state index in [1.807, 2.05) is 35.2 Å². The van der Waals surface area contributed by atoms with Crippen molar-refractivity contribution in [3.63, 3.8) is 0 Å². The minimum Gasteiger partial charge on any atom is -0.352 e. The second kappa shape index (κ2) is 4.17. The fourth-order valence-corrected chi connectivity index (χ4v) is 7.82. The smallest absolute Gasteiger partial charge is 0.234 e. The molecule has 2 aliphatic carbocycles. The first-order valence-corrected chi connectivity index (χ1v) is 9.51. The quantitative estimate of drug-likeness (QED) is 0.635. The molecule has 2 spiro atoms. The second-order valence-electron chi connectivity index (χ2n) is 7.08. The van der Waals surface area contributed by atoms with E-state index in [1.54, 1.807) is 0 Å². The average molecular weight is 427 g/mol. The predicted octanol–water partition coefficient (Wildman–Crippen LogP) is 3.97. The molecule has 22 heavy (non-hydrogen) atoms. The van der Waals surface area contributed by atoms with Crippen molar-refractivity contribution in [1.29, 1.82) is 0 Å². The minimum absolute atomic E-state index is 0.128. The van der Waals surface area contributed by atoms with Crippen molar-refractivity contribution in [2.45, 2.75) is 41.2 Å². The monoisotopic (exact) mass is 425 g/mol. The summed E-state index contributed by atoms with van der Waals surface area (Å²) < 4.78 is 5.75. The number of benzene rings is 1. The zero-order valence-corrected chi connectivity index (χ0v) is 15.3. The molecule has 0 N–H and O–H groups in total. The maximum absolute atomic E-state index is 13.4. The molecule has 1 aromatic rings. The molecule has 2 aliphatic heterocycles. The largest absolute Gasteiger partial charge is 0.352 e. The van der Waals surface area contributed by atoms with Gasteiger partial charge >= 0.3 is 0 Å². The summed E-state index contributed by atoms with van der Waals surface area (Å²) in [6.07, 6.45) is 4.22. The molecule has 2 saturated heterocycles. The lowest BCUT2D eigenvalue weighted by Crippen LogP contribution is -2.35. The van der Waals surface area contributed by atoms with Crippen LogP contribution in [0, 0.1) is 10.8 Å². The number of carbonyl (C=O) groups excluding carboxylic acids is 1. The molecule has 116 valence electrons. The molecule has 1 amide bonds. The van der Waals surface area contributed by atoms with Crippen molar-refractivity contribution in [2.75, 3.05) is 6.61 Å². The Morgan fingerprint density at radius 1 is 1.18 bits per heavy atom. The van der Waals surface area contributed by atoms with Gasteiger partial charge in [0, 0.05) is 11.0 Å². The van der Waals surface area contributed by atoms with E-state index in [4.69, 9.17) is 4.74 Å². The Balaban J connectivity index is 1.53. The fourth-order valence-electron chi connectivity index (χ4n) is 5.13. The van der Waals surface area contributed by atoms with Gasteiger partial charge in [0.05, 0.1) is 18.1 Å². The van der Waals surface area contributed by atoms with Gasteiger partial charge in [0.2, 0.25) is 5.91 Å². The first-order chi connectivity index (χ1) is 10.6. The van der Waals surface area contributed by atoms with Crippen LogP contribution in [0.15, 0.2) is 30.3 Å². The van der Waals surface area contributed by atoms with Gasteiger partial charge in [-0.25, -0.2) is 0 Å². The van der Waals surface area contributed by atoms with Crippen LogP contribution in [0.3, 0.4) is 0 Å². The van der Waals surface area contributed by atoms with E-state index in [0.717, 1.165) is 24.8 Å². The third-order valence-corrected chi connectivity index (χ3v) is 9.29. The average Bonchev–Trinajstić information content (AvgIpc) is 2.77. The summed E-state index contributed by atoms with van der Waals surface area (Å²) in [5.41, 5.74) is 0.941. The van der Waals surface area contributed by atoms with E-state index in [2.05, 4.69) is 31.9 Å². The molecule has 2 saturated carbocycles. The Bertz CT molecular complexity index is 658. The summed E-state index contributed by atoms with van der Waals surface area (Å²) in [4.78, 5) is 15.4. The predicted molar refractivity (Wildman–Crippen MR) is 89.7 cm³/mol. The van der Waals surface area contributed by atoms with Crippen LogP contribution in [-0.2, 0) is 9.53 Å². The van der Waals surface area contributed by atoms with Crippen molar-refractivity contribution < 1.29 is 9.53 Å². The van der Waals surface area contributed by atoms with E-state index < -0.39 is 0 Å². The Labute approximate surface area is 146 Å². The number of fused-ring (bicyclic) bond motifs is 2. The number of ether oxygens (including phenoxy) is 1. The molecule has 3 atom stereocenters. The summed E-state index contributed by atoms with van der Waals surface area (Å²) in [6, 6.07) is 10.3. The van der Waals surface area contributed by atoms with Crippen molar-refractivity contribution in [3.8, 4) is 0 Å². The van der Waals surface area contributed by atoms with Crippen LogP contribution >= 0.6 is 31.9 Å². The number of rotatable bonds is 1. The Hall–Kier alpha value is -0.390. The van der Waals surface area contributed by atoms with Gasteiger partial charge in [-0.15, -0.1) is 0 Å². The molecule has 1 aromatic carbocycles. The normalized spacial score (nSPS) is 40.1. The Kier molecular flexibility index (Phi) is 2.65. The van der Waals surface area contributed by atoms with Gasteiger partial charge in [-0.1, -0.05) is 68.6 Å². The molecule has 5 heteroatoms. The van der Waals surface area contributed by atoms with Crippen LogP contribution in [0.4, 0.5) is 0 Å². The number of alkyl halides is 2. The molecule has 0 aromatic heterocycles. The molecule has 2 unspecified atom stereocenters. The molecular weight excluding hydrogens is 410 g/mol. The topological polar surface area (TPSA) is 29.5 Å². The summed E-state index contributed by atoms with van der Waals surface area (Å²) in [7, 11) is 0. The molecule has 2 heterocycles. The van der Waals surface area contributed by atoms with Gasteiger partial charge in [-0.05, 0) is 19.3 Å². The van der Waals surface area contributed by atoms with E-state index in [-0.39, 0.29) is 32.2 Å². The molecular formula is C17H17Br2NO2. The fraction of sp³-hybridized carbons (Fsp3) is 0.588. The molecule has 3 nitrogen and oxygen atoms in total. The van der Waals surface area contributed by atoms with Gasteiger partial charge in [0.1, 0.15) is 3.23 Å². The van der Waals surface area contributed by atoms with E-state index in [0.29, 0.717) is 6.61 Å². The highest BCUT2D eigenvalue weighted by molar-refractivity contribution is 9.25. The van der Waals surface area contributed by atoms with Gasteiger partial charge in [0.15, 0.2) is 6.23 Å². The van der Waals surface area contributed by atoms with Crippen molar-refractivity contribution >= 4 is 37.8 Å². The zero-order valence-electron chi connectivity index (χ0n) is 12.1. The maximum Gasteiger partial charge on any atom is 0.234 e. The van der Waals surface area contributed by atoms with Gasteiger partial charge < -0.3 is 9.64 Å². The summed E-state index contributed by atoms with van der Waals surface area (Å²) in [5, 5.41) is 0. The standard InChI is InChI=1S/C17H17Br2NO2/c18-17(19)15(7-4-8-15)16(17)9-12-10-22-13(20(12)14(16)21)11-5-2-1-3-6-11/h1-3,5-6,12-13H,4,7-10H2/t12?,13?,16-/m0/s1. The second-order valence-corrected chi connectivity index (χ2v) is 10.5. The van der Waals surface area contributed by atoms with Crippen molar-refractivity contribution in [3.05, 3.63) is 35.9 Å². The van der Waals surface area contributed by atoms with Crippen LogP contribution in [0.25, 0.3) is 0 Å². The maximum atomic E-state index is 13.4. The Morgan fingerprint density at radius 3 is 2.50 bits per heavy atom. The molecule has 4 aliphatic rings. The van der Waals surface area contributed by atoms with Crippen LogP contribution < -0.4 is 0 Å². The first kappa shape index (κ1) is 14.0. The summed E-state index contributed by atoms with van der Waals surface area (Å²) >= 11 is 7.71. The number of amides is 1. The summed E-state index contributed by atoms with van der Waals surface area (Å²) in [5.74, 6) is 0.275. The first-order valence-electron chi connectivity index (χ1n) is 7.92. The lowest BCUT2D eigenvalue weighted by Gasteiger charge is -2.30. The number of hydrogen-bond acceptors (Lipinski definition) is 2. The van der Waals surface area contributed by atoms with Gasteiger partial charge in [-0.2, -0.15) is 0 Å². The van der Waals surface area contributed by atoms with Crippen LogP contribution in [0.2, 0.25) is 0 Å². The minimum atomic E-state index is -0.264. The number of halogens is 2. The van der Waals surface area contributed by atoms with Crippen LogP contribution in [0.5, 0.6) is 0 Å². The number of nitrogens with zero attached hydrogens (tertiary/aromatic N) is 1. The van der Waals surface area contributed by atoms with Crippen molar-refractivity contribution in [2.24, 2.45) is 10.8 Å². The summed E-state index contributed by atoms with van der Waals surface area (Å²) in [6.45, 7) is 0.652. The lowest BCUT2D eigenvalue weighted by molar-refractivity contribution is -0.140. The number of carbonyl (C=O) groups is 1. The van der Waals surface area contributed by atoms with Crippen LogP contribution in [-0.4, -0.2) is 26.7 Å². The zero-order chi connectivity index (χ0) is 15.2. The lowest BCUT2D eigenvalue weighted by atomic mass is 9.74. The van der Waals surface area contributed by atoms with E-state index in [9.17, 15) is 4.79 Å². The highest BCUT2D eigenvalue weighted by Crippen LogP contribution is 2.90. The van der Waals surface area contributed by atoms with Gasteiger partial charge in [-0.3, -0.25) is 4.79 Å².